The number of hydrogen-bond donors (Lipinski definition) is 1. The minimum atomic E-state index is -0.506. The highest BCUT2D eigenvalue weighted by Gasteiger charge is 2.12. The lowest BCUT2D eigenvalue weighted by Crippen LogP contribution is -2.21. The van der Waals surface area contributed by atoms with Crippen molar-refractivity contribution in [3.05, 3.63) is 56.3 Å². The molecule has 0 aliphatic heterocycles. The van der Waals surface area contributed by atoms with Crippen LogP contribution in [0.25, 0.3) is 0 Å². The highest BCUT2D eigenvalue weighted by molar-refractivity contribution is 7.09. The van der Waals surface area contributed by atoms with Crippen molar-refractivity contribution in [2.75, 3.05) is 11.9 Å². The van der Waals surface area contributed by atoms with Crippen LogP contribution in [0.15, 0.2) is 35.7 Å². The largest absolute Gasteiger partial charge is 0.456 e. The molecule has 1 aromatic heterocycles. The van der Waals surface area contributed by atoms with Crippen LogP contribution in [0.3, 0.4) is 0 Å². The topological polar surface area (TPSA) is 98.5 Å². The number of thiophene rings is 1. The second-order valence-electron chi connectivity index (χ2n) is 5.04. The van der Waals surface area contributed by atoms with Gasteiger partial charge in [-0.2, -0.15) is 0 Å². The van der Waals surface area contributed by atoms with E-state index in [-0.39, 0.29) is 18.7 Å². The third-order valence-electron chi connectivity index (χ3n) is 3.21. The van der Waals surface area contributed by atoms with Crippen LogP contribution in [0.5, 0.6) is 0 Å². The van der Waals surface area contributed by atoms with E-state index in [1.807, 2.05) is 17.5 Å². The molecule has 2 rings (SSSR count). The molecule has 0 aliphatic carbocycles. The van der Waals surface area contributed by atoms with Gasteiger partial charge in [0.2, 0.25) is 0 Å². The van der Waals surface area contributed by atoms with E-state index >= 15 is 0 Å². The number of nitrogens with one attached hydrogen (secondary N) is 1. The lowest BCUT2D eigenvalue weighted by atomic mass is 10.2. The number of anilines is 1. The molecule has 1 aromatic carbocycles. The number of nitro benzene ring substituents is 1. The molecule has 0 radical (unpaired) electrons. The molecule has 24 heavy (non-hydrogen) atoms. The first-order valence-corrected chi connectivity index (χ1v) is 8.06. The molecule has 0 bridgehead atoms. The van der Waals surface area contributed by atoms with Gasteiger partial charge >= 0.3 is 5.97 Å². The van der Waals surface area contributed by atoms with E-state index in [1.54, 1.807) is 18.3 Å². The number of amides is 1. The van der Waals surface area contributed by atoms with Gasteiger partial charge in [-0.3, -0.25) is 19.7 Å². The van der Waals surface area contributed by atoms with Crippen molar-refractivity contribution >= 4 is 34.6 Å². The molecule has 7 nitrogen and oxygen atoms in total. The van der Waals surface area contributed by atoms with Crippen LogP contribution in [-0.4, -0.2) is 23.4 Å². The number of benzene rings is 1. The van der Waals surface area contributed by atoms with E-state index in [0.717, 1.165) is 4.88 Å². The zero-order chi connectivity index (χ0) is 17.5. The number of nitrogens with zero attached hydrogens (tertiary/aromatic N) is 1. The summed E-state index contributed by atoms with van der Waals surface area (Å²) in [6.45, 7) is 1.26. The summed E-state index contributed by atoms with van der Waals surface area (Å²) in [4.78, 5) is 34.7. The van der Waals surface area contributed by atoms with Crippen LogP contribution in [-0.2, 0) is 20.7 Å². The molecule has 0 spiro atoms. The summed E-state index contributed by atoms with van der Waals surface area (Å²) in [7, 11) is 0. The van der Waals surface area contributed by atoms with Gasteiger partial charge in [0.05, 0.1) is 11.3 Å². The van der Waals surface area contributed by atoms with E-state index in [0.29, 0.717) is 17.7 Å². The van der Waals surface area contributed by atoms with Gasteiger partial charge in [-0.25, -0.2) is 0 Å². The Hall–Kier alpha value is -2.74. The lowest BCUT2D eigenvalue weighted by Gasteiger charge is -2.08. The van der Waals surface area contributed by atoms with Gasteiger partial charge in [0.15, 0.2) is 6.61 Å². The SMILES string of the molecule is Cc1cc([N+](=O)[O-])ccc1NC(=O)COC(=O)CCc1cccs1. The summed E-state index contributed by atoms with van der Waals surface area (Å²) >= 11 is 1.56. The Labute approximate surface area is 142 Å². The van der Waals surface area contributed by atoms with Gasteiger partial charge < -0.3 is 10.1 Å². The Bertz CT molecular complexity index is 743. The monoisotopic (exact) mass is 348 g/mol. The molecule has 0 saturated carbocycles. The van der Waals surface area contributed by atoms with Gasteiger partial charge in [0, 0.05) is 22.7 Å². The van der Waals surface area contributed by atoms with Crippen molar-refractivity contribution in [2.45, 2.75) is 19.8 Å². The zero-order valence-corrected chi connectivity index (χ0v) is 13.8. The second kappa shape index (κ2) is 8.21. The van der Waals surface area contributed by atoms with Crippen LogP contribution < -0.4 is 5.32 Å². The maximum absolute atomic E-state index is 11.8. The highest BCUT2D eigenvalue weighted by atomic mass is 32.1. The number of aryl methyl sites for hydroxylation is 2. The van der Waals surface area contributed by atoms with E-state index in [4.69, 9.17) is 4.74 Å². The molecule has 0 atom stereocenters. The Morgan fingerprint density at radius 3 is 2.75 bits per heavy atom. The predicted molar refractivity (Wildman–Crippen MR) is 90.1 cm³/mol. The third-order valence-corrected chi connectivity index (χ3v) is 4.15. The first-order valence-electron chi connectivity index (χ1n) is 7.18. The summed E-state index contributed by atoms with van der Waals surface area (Å²) in [5, 5.41) is 15.2. The number of carbonyl (C=O) groups excluding carboxylic acids is 2. The summed E-state index contributed by atoms with van der Waals surface area (Å²) < 4.78 is 4.92. The van der Waals surface area contributed by atoms with Crippen molar-refractivity contribution in [3.8, 4) is 0 Å². The fourth-order valence-corrected chi connectivity index (χ4v) is 2.70. The molecule has 0 fully saturated rings. The number of ether oxygens (including phenoxy) is 1. The number of rotatable bonds is 7. The van der Waals surface area contributed by atoms with E-state index < -0.39 is 16.8 Å². The van der Waals surface area contributed by atoms with Gasteiger partial charge in [-0.1, -0.05) is 6.07 Å². The summed E-state index contributed by atoms with van der Waals surface area (Å²) in [6.07, 6.45) is 0.796. The van der Waals surface area contributed by atoms with E-state index in [1.165, 1.54) is 18.2 Å². The second-order valence-corrected chi connectivity index (χ2v) is 6.08. The molecule has 0 saturated heterocycles. The normalized spacial score (nSPS) is 10.2. The van der Waals surface area contributed by atoms with Crippen molar-refractivity contribution in [1.29, 1.82) is 0 Å². The van der Waals surface area contributed by atoms with Gasteiger partial charge in [-0.05, 0) is 36.4 Å². The Kier molecular flexibility index (Phi) is 6.02. The van der Waals surface area contributed by atoms with Crippen LogP contribution in [0.4, 0.5) is 11.4 Å². The van der Waals surface area contributed by atoms with Crippen molar-refractivity contribution in [2.24, 2.45) is 0 Å². The Morgan fingerprint density at radius 2 is 2.12 bits per heavy atom. The molecule has 2 aromatic rings. The average Bonchev–Trinajstić information content (AvgIpc) is 3.06. The quantitative estimate of drug-likeness (QED) is 0.471. The fraction of sp³-hybridized carbons (Fsp3) is 0.250. The molecular weight excluding hydrogens is 332 g/mol. The average molecular weight is 348 g/mol. The maximum atomic E-state index is 11.8. The molecule has 0 aliphatic rings. The minimum Gasteiger partial charge on any atom is -0.456 e. The van der Waals surface area contributed by atoms with E-state index in [2.05, 4.69) is 5.32 Å². The van der Waals surface area contributed by atoms with Crippen molar-refractivity contribution in [1.82, 2.24) is 0 Å². The van der Waals surface area contributed by atoms with Crippen LogP contribution >= 0.6 is 11.3 Å². The summed E-state index contributed by atoms with van der Waals surface area (Å²) in [5.74, 6) is -0.935. The van der Waals surface area contributed by atoms with Gasteiger partial charge in [-0.15, -0.1) is 11.3 Å². The van der Waals surface area contributed by atoms with Gasteiger partial charge in [0.1, 0.15) is 0 Å². The van der Waals surface area contributed by atoms with Crippen molar-refractivity contribution < 1.29 is 19.2 Å². The number of carbonyl (C=O) groups is 2. The molecule has 1 amide bonds. The minimum absolute atomic E-state index is 0.0505. The summed E-state index contributed by atoms with van der Waals surface area (Å²) in [6, 6.07) is 7.95. The molecule has 1 heterocycles. The molecule has 1 N–H and O–H groups in total. The van der Waals surface area contributed by atoms with Crippen LogP contribution in [0, 0.1) is 17.0 Å². The van der Waals surface area contributed by atoms with Crippen LogP contribution in [0.2, 0.25) is 0 Å². The summed E-state index contributed by atoms with van der Waals surface area (Å²) in [5.41, 5.74) is 0.951. The van der Waals surface area contributed by atoms with Gasteiger partial charge in [0.25, 0.3) is 11.6 Å². The third kappa shape index (κ3) is 5.17. The Balaban J connectivity index is 1.78. The number of hydrogen-bond acceptors (Lipinski definition) is 6. The molecule has 126 valence electrons. The molecule has 8 heteroatoms. The number of non-ortho nitro benzene ring substituents is 1. The standard InChI is InChI=1S/C16H16N2O5S/c1-11-9-12(18(21)22)4-6-14(11)17-15(19)10-23-16(20)7-5-13-3-2-8-24-13/h2-4,6,8-9H,5,7,10H2,1H3,(H,17,19). The lowest BCUT2D eigenvalue weighted by molar-refractivity contribution is -0.384. The highest BCUT2D eigenvalue weighted by Crippen LogP contribution is 2.21. The maximum Gasteiger partial charge on any atom is 0.306 e. The first-order chi connectivity index (χ1) is 11.5. The fourth-order valence-electron chi connectivity index (χ4n) is 1.99. The molecular formula is C16H16N2O5S. The number of nitro groups is 1. The number of esters is 1. The zero-order valence-electron chi connectivity index (χ0n) is 13.0. The van der Waals surface area contributed by atoms with Crippen LogP contribution in [0.1, 0.15) is 16.9 Å². The smallest absolute Gasteiger partial charge is 0.306 e. The Morgan fingerprint density at radius 1 is 1.33 bits per heavy atom. The molecule has 0 unspecified atom stereocenters. The first kappa shape index (κ1) is 17.6. The van der Waals surface area contributed by atoms with Crippen molar-refractivity contribution in [3.63, 3.8) is 0 Å². The van der Waals surface area contributed by atoms with E-state index in [9.17, 15) is 19.7 Å². The predicted octanol–water partition coefficient (Wildman–Crippen LogP) is 3.08.